The molecule has 3 heterocycles. The van der Waals surface area contributed by atoms with Gasteiger partial charge in [-0.15, -0.1) is 22.7 Å². The van der Waals surface area contributed by atoms with Gasteiger partial charge in [-0.05, 0) is 192 Å². The third-order valence-electron chi connectivity index (χ3n) is 17.5. The number of fused-ring (bicyclic) bond motifs is 18. The molecule has 17 rings (SSSR count). The molecule has 402 valence electrons. The van der Waals surface area contributed by atoms with E-state index < -0.39 is 0 Å². The average molecular weight is 1180 g/mol. The van der Waals surface area contributed by atoms with Crippen molar-refractivity contribution in [2.24, 2.45) is 0 Å². The van der Waals surface area contributed by atoms with Gasteiger partial charge in [-0.2, -0.15) is 0 Å². The molecule has 0 amide bonds. The highest BCUT2D eigenvalue weighted by molar-refractivity contribution is 9.10. The fraction of sp³-hybridized carbons (Fsp3) is 0.0769. The second kappa shape index (κ2) is 21.0. The SMILES string of the molecule is Brc1ccc2sc3ccccc3c2c1.CC1(C)OB(c2cccc(-c3ccc4c5ccccc5c5ccccc5c4c3)c2)OC1(C)C.c1cc(-c2ccc3sc4ccccc4c3c2)cc(-c2ccc3c4ccccc4c4ccccc4c3c2)c1. The Balaban J connectivity index is 0.000000117. The van der Waals surface area contributed by atoms with Gasteiger partial charge in [0.25, 0.3) is 0 Å². The number of thiophene rings is 2. The van der Waals surface area contributed by atoms with Gasteiger partial charge >= 0.3 is 7.12 Å². The van der Waals surface area contributed by atoms with E-state index in [1.165, 1.54) is 138 Å². The van der Waals surface area contributed by atoms with E-state index in [-0.39, 0.29) is 18.3 Å². The lowest BCUT2D eigenvalue weighted by Crippen LogP contribution is -2.41. The Labute approximate surface area is 505 Å². The number of rotatable bonds is 4. The lowest BCUT2D eigenvalue weighted by molar-refractivity contribution is 0.00578. The van der Waals surface area contributed by atoms with Crippen LogP contribution in [0.1, 0.15) is 27.7 Å². The first kappa shape index (κ1) is 52.4. The van der Waals surface area contributed by atoms with Crippen molar-refractivity contribution in [1.82, 2.24) is 0 Å². The quantitative estimate of drug-likeness (QED) is 0.129. The molecule has 0 unspecified atom stereocenters. The number of hydrogen-bond acceptors (Lipinski definition) is 4. The highest BCUT2D eigenvalue weighted by atomic mass is 79.9. The Morgan fingerprint density at radius 2 is 0.571 bits per heavy atom. The summed E-state index contributed by atoms with van der Waals surface area (Å²) in [4.78, 5) is 0. The molecule has 0 N–H and O–H groups in total. The first-order valence-electron chi connectivity index (χ1n) is 28.7. The fourth-order valence-electron chi connectivity index (χ4n) is 12.5. The summed E-state index contributed by atoms with van der Waals surface area (Å²) in [5.41, 5.74) is 7.71. The van der Waals surface area contributed by atoms with Gasteiger partial charge in [0.2, 0.25) is 0 Å². The molecule has 1 aliphatic rings. The van der Waals surface area contributed by atoms with Crippen molar-refractivity contribution in [2.75, 3.05) is 0 Å². The van der Waals surface area contributed by atoms with E-state index >= 15 is 0 Å². The van der Waals surface area contributed by atoms with Crippen LogP contribution >= 0.6 is 38.6 Å². The van der Waals surface area contributed by atoms with Crippen molar-refractivity contribution in [3.8, 4) is 33.4 Å². The number of hydrogen-bond donors (Lipinski definition) is 0. The van der Waals surface area contributed by atoms with Crippen LogP contribution in [0.4, 0.5) is 0 Å². The maximum absolute atomic E-state index is 6.29. The minimum Gasteiger partial charge on any atom is -0.399 e. The molecule has 0 saturated carbocycles. The smallest absolute Gasteiger partial charge is 0.399 e. The second-order valence-corrected chi connectivity index (χ2v) is 26.1. The molecular weight excluding hydrogens is 1120 g/mol. The zero-order valence-electron chi connectivity index (χ0n) is 47.0. The maximum atomic E-state index is 6.29. The van der Waals surface area contributed by atoms with Crippen LogP contribution in [0.15, 0.2) is 271 Å². The first-order chi connectivity index (χ1) is 41.0. The lowest BCUT2D eigenvalue weighted by atomic mass is 9.78. The molecule has 14 aromatic carbocycles. The molecule has 0 spiro atoms. The largest absolute Gasteiger partial charge is 0.494 e. The highest BCUT2D eigenvalue weighted by Gasteiger charge is 2.51. The van der Waals surface area contributed by atoms with Crippen LogP contribution in [0.3, 0.4) is 0 Å². The molecule has 0 atom stereocenters. The van der Waals surface area contributed by atoms with Gasteiger partial charge in [-0.1, -0.05) is 222 Å². The van der Waals surface area contributed by atoms with Crippen molar-refractivity contribution >= 4 is 156 Å². The summed E-state index contributed by atoms with van der Waals surface area (Å²) in [6, 6.07) is 96.8. The summed E-state index contributed by atoms with van der Waals surface area (Å²) in [6.45, 7) is 8.37. The summed E-state index contributed by atoms with van der Waals surface area (Å²) in [5.74, 6) is 0. The van der Waals surface area contributed by atoms with Crippen molar-refractivity contribution in [3.05, 3.63) is 271 Å². The third-order valence-corrected chi connectivity index (χ3v) is 20.3. The Hall–Kier alpha value is -8.46. The van der Waals surface area contributed by atoms with Gasteiger partial charge in [0.15, 0.2) is 0 Å². The third kappa shape index (κ3) is 9.25. The summed E-state index contributed by atoms with van der Waals surface area (Å²) >= 11 is 7.23. The van der Waals surface area contributed by atoms with Gasteiger partial charge in [0.1, 0.15) is 0 Å². The zero-order valence-corrected chi connectivity index (χ0v) is 50.2. The van der Waals surface area contributed by atoms with E-state index in [1.54, 1.807) is 0 Å². The molecule has 16 aromatic rings. The van der Waals surface area contributed by atoms with E-state index in [1.807, 2.05) is 22.7 Å². The minimum absolute atomic E-state index is 0.351. The molecule has 0 bridgehead atoms. The van der Waals surface area contributed by atoms with E-state index in [0.717, 1.165) is 9.94 Å². The monoisotopic (exact) mass is 1180 g/mol. The normalized spacial score (nSPS) is 13.8. The topological polar surface area (TPSA) is 18.5 Å². The Bertz CT molecular complexity index is 5180. The Morgan fingerprint density at radius 3 is 1.02 bits per heavy atom. The summed E-state index contributed by atoms with van der Waals surface area (Å²) in [7, 11) is -0.361. The molecule has 0 radical (unpaired) electrons. The van der Waals surface area contributed by atoms with Crippen molar-refractivity contribution < 1.29 is 9.31 Å². The maximum Gasteiger partial charge on any atom is 0.494 e. The van der Waals surface area contributed by atoms with Crippen LogP contribution in [0.25, 0.3) is 138 Å². The van der Waals surface area contributed by atoms with Gasteiger partial charge < -0.3 is 9.31 Å². The zero-order chi connectivity index (χ0) is 56.7. The number of halogens is 1. The Morgan fingerprint density at radius 1 is 0.262 bits per heavy atom. The molecule has 0 aliphatic carbocycles. The van der Waals surface area contributed by atoms with Crippen LogP contribution in [0, 0.1) is 0 Å². The van der Waals surface area contributed by atoms with Gasteiger partial charge in [-0.3, -0.25) is 0 Å². The highest BCUT2D eigenvalue weighted by Crippen LogP contribution is 2.42. The molecule has 1 saturated heterocycles. The van der Waals surface area contributed by atoms with E-state index in [2.05, 4.69) is 311 Å². The summed E-state index contributed by atoms with van der Waals surface area (Å²) in [6.07, 6.45) is 0. The van der Waals surface area contributed by atoms with Crippen LogP contribution in [-0.4, -0.2) is 18.3 Å². The lowest BCUT2D eigenvalue weighted by Gasteiger charge is -2.32. The van der Waals surface area contributed by atoms with Crippen LogP contribution in [0.2, 0.25) is 0 Å². The van der Waals surface area contributed by atoms with Crippen molar-refractivity contribution in [2.45, 2.75) is 38.9 Å². The summed E-state index contributed by atoms with van der Waals surface area (Å²) < 4.78 is 19.1. The first-order valence-corrected chi connectivity index (χ1v) is 31.2. The predicted molar refractivity (Wildman–Crippen MR) is 370 cm³/mol. The van der Waals surface area contributed by atoms with Crippen LogP contribution in [0.5, 0.6) is 0 Å². The molecular formula is C78H56BBrO2S2. The fourth-order valence-corrected chi connectivity index (χ4v) is 15.0. The second-order valence-electron chi connectivity index (χ2n) is 23.0. The average Bonchev–Trinajstić information content (AvgIpc) is 4.24. The molecule has 1 fully saturated rings. The predicted octanol–water partition coefficient (Wildman–Crippen LogP) is 22.8. The van der Waals surface area contributed by atoms with Gasteiger partial charge in [-0.25, -0.2) is 0 Å². The standard InChI is InChI=1S/C36H22S.C30H27BO2.C12H7BrS/c1-2-12-29-27(10-1)28-11-3-4-13-30(28)33-21-25(16-18-31(29)33)23-8-7-9-24(20-23)26-17-19-36-34(22-26)32-14-5-6-15-35(32)37-36;1-29(2)30(3,4)33-31(32-29)22-11-9-10-20(18-22)21-16-17-27-25-14-6-5-12-23(25)24-13-7-8-15-26(24)28(27)19-21;13-8-5-6-12-10(7-8)9-3-1-2-4-11(9)14-12/h1-22H;5-19H,1-4H3;1-7H. The van der Waals surface area contributed by atoms with E-state index in [0.29, 0.717) is 0 Å². The van der Waals surface area contributed by atoms with Crippen molar-refractivity contribution in [1.29, 1.82) is 0 Å². The molecule has 84 heavy (non-hydrogen) atoms. The van der Waals surface area contributed by atoms with E-state index in [9.17, 15) is 0 Å². The molecule has 6 heteroatoms. The molecule has 1 aliphatic heterocycles. The van der Waals surface area contributed by atoms with Gasteiger partial charge in [0, 0.05) is 44.8 Å². The molecule has 2 nitrogen and oxygen atoms in total. The van der Waals surface area contributed by atoms with Crippen LogP contribution < -0.4 is 5.46 Å². The van der Waals surface area contributed by atoms with Crippen LogP contribution in [-0.2, 0) is 9.31 Å². The Kier molecular flexibility index (Phi) is 13.1. The van der Waals surface area contributed by atoms with Gasteiger partial charge in [0.05, 0.1) is 11.2 Å². The number of benzene rings is 14. The van der Waals surface area contributed by atoms with E-state index in [4.69, 9.17) is 9.31 Å². The summed E-state index contributed by atoms with van der Waals surface area (Å²) in [5, 5.41) is 21.0. The van der Waals surface area contributed by atoms with Crippen molar-refractivity contribution in [3.63, 3.8) is 0 Å². The minimum atomic E-state index is -0.361. The molecule has 2 aromatic heterocycles.